The lowest BCUT2D eigenvalue weighted by atomic mass is 10.1. The second kappa shape index (κ2) is 6.81. The van der Waals surface area contributed by atoms with Gasteiger partial charge in [-0.25, -0.2) is 0 Å². The van der Waals surface area contributed by atoms with E-state index in [1.54, 1.807) is 0 Å². The molecule has 0 aliphatic heterocycles. The van der Waals surface area contributed by atoms with Crippen LogP contribution in [0.4, 0.5) is 0 Å². The van der Waals surface area contributed by atoms with Crippen LogP contribution < -0.4 is 5.32 Å². The molecule has 20 heavy (non-hydrogen) atoms. The van der Waals surface area contributed by atoms with Crippen LogP contribution in [0.1, 0.15) is 46.7 Å². The molecule has 1 N–H and O–H groups in total. The average Bonchev–Trinajstić information content (AvgIpc) is 2.95. The van der Waals surface area contributed by atoms with E-state index in [2.05, 4.69) is 14.9 Å². The lowest BCUT2D eigenvalue weighted by Crippen LogP contribution is -2.29. The van der Waals surface area contributed by atoms with Gasteiger partial charge in [0, 0.05) is 5.88 Å². The summed E-state index contributed by atoms with van der Waals surface area (Å²) >= 11 is 7.08. The molecule has 1 atom stereocenters. The van der Waals surface area contributed by atoms with Crippen molar-refractivity contribution in [1.29, 1.82) is 0 Å². The summed E-state index contributed by atoms with van der Waals surface area (Å²) in [4.78, 5) is 12.9. The number of nitrogens with one attached hydrogen (secondary N) is 1. The molecule has 0 aliphatic rings. The highest BCUT2D eigenvalue weighted by atomic mass is 35.5. The number of aromatic nitrogens is 2. The van der Waals surface area contributed by atoms with Crippen molar-refractivity contribution in [2.24, 2.45) is 0 Å². The fourth-order valence-electron chi connectivity index (χ4n) is 1.85. The Bertz CT molecular complexity index is 571. The predicted molar refractivity (Wildman–Crippen MR) is 81.4 cm³/mol. The van der Waals surface area contributed by atoms with Gasteiger partial charge in [-0.3, -0.25) is 4.79 Å². The molecule has 4 nitrogen and oxygen atoms in total. The van der Waals surface area contributed by atoms with E-state index in [1.165, 1.54) is 0 Å². The topological polar surface area (TPSA) is 54.9 Å². The number of alkyl halides is 1. The van der Waals surface area contributed by atoms with Gasteiger partial charge in [-0.2, -0.15) is 0 Å². The maximum absolute atomic E-state index is 12.3. The number of rotatable bonds is 5. The van der Waals surface area contributed by atoms with Crippen LogP contribution in [0, 0.1) is 0 Å². The smallest absolute Gasteiger partial charge is 0.265 e. The zero-order chi connectivity index (χ0) is 14.5. The summed E-state index contributed by atoms with van der Waals surface area (Å²) in [5.74, 6) is 0.317. The van der Waals surface area contributed by atoms with Crippen LogP contribution in [0.2, 0.25) is 0 Å². The first-order valence-electron chi connectivity index (χ1n) is 6.37. The third-order valence-corrected chi connectivity index (χ3v) is 3.98. The summed E-state index contributed by atoms with van der Waals surface area (Å²) in [6.07, 6.45) is 0. The van der Waals surface area contributed by atoms with Crippen molar-refractivity contribution in [3.8, 4) is 0 Å². The van der Waals surface area contributed by atoms with Gasteiger partial charge in [-0.05, 0) is 23.0 Å². The molecule has 0 fully saturated rings. The zero-order valence-corrected chi connectivity index (χ0v) is 12.9. The van der Waals surface area contributed by atoms with Gasteiger partial charge in [0.1, 0.15) is 4.88 Å². The van der Waals surface area contributed by atoms with Gasteiger partial charge >= 0.3 is 0 Å². The molecule has 0 aliphatic carbocycles. The molecule has 2 aromatic rings. The van der Waals surface area contributed by atoms with Gasteiger partial charge < -0.3 is 5.32 Å². The van der Waals surface area contributed by atoms with Crippen molar-refractivity contribution in [2.75, 3.05) is 5.88 Å². The molecular formula is C14H16ClN3OS. The number of carbonyl (C=O) groups is 1. The Morgan fingerprint density at radius 2 is 2.05 bits per heavy atom. The molecule has 1 amide bonds. The third kappa shape index (κ3) is 3.35. The van der Waals surface area contributed by atoms with E-state index in [1.807, 2.05) is 44.2 Å². The molecule has 6 heteroatoms. The van der Waals surface area contributed by atoms with Gasteiger partial charge in [0.15, 0.2) is 0 Å². The molecule has 1 aromatic heterocycles. The summed E-state index contributed by atoms with van der Waals surface area (Å²) in [5.41, 5.74) is 1.72. The lowest BCUT2D eigenvalue weighted by Gasteiger charge is -2.16. The fourth-order valence-corrected chi connectivity index (χ4v) is 2.83. The molecule has 1 aromatic carbocycles. The Kier molecular flexibility index (Phi) is 5.09. The van der Waals surface area contributed by atoms with Crippen molar-refractivity contribution < 1.29 is 4.79 Å². The van der Waals surface area contributed by atoms with Crippen LogP contribution >= 0.6 is 23.1 Å². The largest absolute Gasteiger partial charge is 0.343 e. The molecule has 0 bridgehead atoms. The number of halogens is 1. The molecule has 0 saturated heterocycles. The highest BCUT2D eigenvalue weighted by Crippen LogP contribution is 2.21. The van der Waals surface area contributed by atoms with E-state index in [0.717, 1.165) is 22.8 Å². The quantitative estimate of drug-likeness (QED) is 0.862. The molecule has 0 saturated carbocycles. The first kappa shape index (κ1) is 14.9. The number of benzene rings is 1. The number of amides is 1. The molecule has 1 unspecified atom stereocenters. The Morgan fingerprint density at radius 1 is 1.35 bits per heavy atom. The number of hydrogen-bond acceptors (Lipinski definition) is 4. The number of nitrogens with zero attached hydrogens (tertiary/aromatic N) is 2. The monoisotopic (exact) mass is 309 g/mol. The second-order valence-electron chi connectivity index (χ2n) is 4.73. The SMILES string of the molecule is CC(C)c1nnsc1C(=O)NC(CCl)c1ccccc1. The van der Waals surface area contributed by atoms with Gasteiger partial charge in [0.25, 0.3) is 5.91 Å². The average molecular weight is 310 g/mol. The van der Waals surface area contributed by atoms with E-state index in [0.29, 0.717) is 10.8 Å². The Labute approximate surface area is 127 Å². The van der Waals surface area contributed by atoms with Crippen LogP contribution in [0.3, 0.4) is 0 Å². The summed E-state index contributed by atoms with van der Waals surface area (Å²) in [6, 6.07) is 9.46. The van der Waals surface area contributed by atoms with Gasteiger partial charge in [-0.15, -0.1) is 16.7 Å². The van der Waals surface area contributed by atoms with Gasteiger partial charge in [0.2, 0.25) is 0 Å². The number of hydrogen-bond donors (Lipinski definition) is 1. The molecule has 0 spiro atoms. The Balaban J connectivity index is 2.16. The zero-order valence-electron chi connectivity index (χ0n) is 11.3. The first-order chi connectivity index (χ1) is 9.63. The minimum absolute atomic E-state index is 0.167. The highest BCUT2D eigenvalue weighted by molar-refractivity contribution is 7.08. The normalized spacial score (nSPS) is 12.4. The highest BCUT2D eigenvalue weighted by Gasteiger charge is 2.21. The Morgan fingerprint density at radius 3 is 2.65 bits per heavy atom. The molecule has 1 heterocycles. The molecule has 2 rings (SSSR count). The number of carbonyl (C=O) groups excluding carboxylic acids is 1. The Hall–Kier alpha value is -1.46. The van der Waals surface area contributed by atoms with Crippen LogP contribution in [0.25, 0.3) is 0 Å². The molecule has 0 radical (unpaired) electrons. The van der Waals surface area contributed by atoms with Crippen LogP contribution in [-0.4, -0.2) is 21.4 Å². The van der Waals surface area contributed by atoms with Crippen molar-refractivity contribution in [1.82, 2.24) is 14.9 Å². The van der Waals surface area contributed by atoms with Crippen molar-refractivity contribution in [2.45, 2.75) is 25.8 Å². The maximum atomic E-state index is 12.3. The second-order valence-corrected chi connectivity index (χ2v) is 5.80. The van der Waals surface area contributed by atoms with E-state index < -0.39 is 0 Å². The van der Waals surface area contributed by atoms with E-state index in [4.69, 9.17) is 11.6 Å². The minimum atomic E-state index is -0.215. The third-order valence-electron chi connectivity index (χ3n) is 2.93. The van der Waals surface area contributed by atoms with E-state index in [9.17, 15) is 4.79 Å². The minimum Gasteiger partial charge on any atom is -0.343 e. The van der Waals surface area contributed by atoms with Crippen LogP contribution in [0.5, 0.6) is 0 Å². The van der Waals surface area contributed by atoms with Crippen molar-refractivity contribution >= 4 is 29.0 Å². The molecular weight excluding hydrogens is 294 g/mol. The summed E-state index contributed by atoms with van der Waals surface area (Å²) in [5, 5.41) is 6.96. The van der Waals surface area contributed by atoms with Crippen LogP contribution in [0.15, 0.2) is 30.3 Å². The summed E-state index contributed by atoms with van der Waals surface area (Å²) in [7, 11) is 0. The van der Waals surface area contributed by atoms with Crippen LogP contribution in [-0.2, 0) is 0 Å². The summed E-state index contributed by atoms with van der Waals surface area (Å²) in [6.45, 7) is 3.98. The van der Waals surface area contributed by atoms with Crippen molar-refractivity contribution in [3.63, 3.8) is 0 Å². The molecule has 106 valence electrons. The van der Waals surface area contributed by atoms with Gasteiger partial charge in [0.05, 0.1) is 11.7 Å². The van der Waals surface area contributed by atoms with E-state index in [-0.39, 0.29) is 17.9 Å². The van der Waals surface area contributed by atoms with Gasteiger partial charge in [-0.1, -0.05) is 48.7 Å². The standard InChI is InChI=1S/C14H16ClN3OS/c1-9(2)12-13(20-18-17-12)14(19)16-11(8-15)10-6-4-3-5-7-10/h3-7,9,11H,8H2,1-2H3,(H,16,19). The maximum Gasteiger partial charge on any atom is 0.265 e. The fraction of sp³-hybridized carbons (Fsp3) is 0.357. The van der Waals surface area contributed by atoms with E-state index >= 15 is 0 Å². The first-order valence-corrected chi connectivity index (χ1v) is 7.68. The predicted octanol–water partition coefficient (Wildman–Crippen LogP) is 3.37. The summed E-state index contributed by atoms with van der Waals surface area (Å²) < 4.78 is 3.87. The lowest BCUT2D eigenvalue weighted by molar-refractivity contribution is 0.0943. The van der Waals surface area contributed by atoms with Crippen molar-refractivity contribution in [3.05, 3.63) is 46.5 Å².